The first-order valence-electron chi connectivity index (χ1n) is 39.2. The first-order chi connectivity index (χ1) is 41.1. The van der Waals surface area contributed by atoms with Gasteiger partial charge in [-0.2, -0.15) is 0 Å². The largest absolute Gasteiger partial charge is 0.333 e. The van der Waals surface area contributed by atoms with Crippen molar-refractivity contribution >= 4 is 17.8 Å². The lowest BCUT2D eigenvalue weighted by Gasteiger charge is -2.12. The number of unbranched alkanes of at least 4 members (excludes halogenated alkanes) is 70. The third-order valence-electron chi connectivity index (χ3n) is 19.2. The fourth-order valence-electron chi connectivity index (χ4n) is 13.3. The van der Waals surface area contributed by atoms with E-state index < -0.39 is 17.8 Å². The molecule has 0 aliphatic carbocycles. The van der Waals surface area contributed by atoms with Crippen LogP contribution < -0.4 is 0 Å². The Bertz CT molecular complexity index is 1270. The van der Waals surface area contributed by atoms with E-state index in [1.807, 2.05) is 0 Å². The summed E-state index contributed by atoms with van der Waals surface area (Å²) in [5.41, 5.74) is 0. The van der Waals surface area contributed by atoms with Crippen LogP contribution in [-0.4, -0.2) is 22.8 Å². The topological polar surface area (TPSA) is 63.7 Å². The van der Waals surface area contributed by atoms with E-state index in [2.05, 4.69) is 6.92 Å². The second kappa shape index (κ2) is 69.7. The Balaban J connectivity index is 1.59. The van der Waals surface area contributed by atoms with E-state index in [9.17, 15) is 14.4 Å². The Hall–Kier alpha value is -1.39. The molecular formula is C78H151NO4. The Morgan fingerprint density at radius 3 is 0.482 bits per heavy atom. The van der Waals surface area contributed by atoms with Gasteiger partial charge in [0.1, 0.15) is 0 Å². The summed E-state index contributed by atoms with van der Waals surface area (Å²) in [6.07, 6.45) is 103. The van der Waals surface area contributed by atoms with Gasteiger partial charge >= 0.3 is 5.97 Å². The molecule has 0 saturated carbocycles. The summed E-state index contributed by atoms with van der Waals surface area (Å²) in [6.45, 7) is 2.31. The number of amides is 2. The van der Waals surface area contributed by atoms with Crippen LogP contribution >= 0.6 is 0 Å². The highest BCUT2D eigenvalue weighted by Gasteiger charge is 2.32. The molecule has 0 unspecified atom stereocenters. The van der Waals surface area contributed by atoms with Gasteiger partial charge < -0.3 is 4.84 Å². The minimum Gasteiger partial charge on any atom is -0.330 e. The van der Waals surface area contributed by atoms with Crippen molar-refractivity contribution in [1.29, 1.82) is 0 Å². The third kappa shape index (κ3) is 63.4. The summed E-state index contributed by atoms with van der Waals surface area (Å²) in [5.74, 6) is -1.28. The molecule has 1 rings (SSSR count). The van der Waals surface area contributed by atoms with Gasteiger partial charge in [-0.3, -0.25) is 9.59 Å². The van der Waals surface area contributed by atoms with Gasteiger partial charge in [-0.15, -0.1) is 5.06 Å². The van der Waals surface area contributed by atoms with Gasteiger partial charge in [-0.05, 0) is 6.42 Å². The van der Waals surface area contributed by atoms with Gasteiger partial charge in [-0.25, -0.2) is 4.79 Å². The molecule has 0 aromatic carbocycles. The average molecular weight is 1170 g/mol. The van der Waals surface area contributed by atoms with E-state index in [-0.39, 0.29) is 19.3 Å². The van der Waals surface area contributed by atoms with Crippen LogP contribution in [0.3, 0.4) is 0 Å². The Labute approximate surface area is 521 Å². The molecule has 5 nitrogen and oxygen atoms in total. The molecule has 1 heterocycles. The average Bonchev–Trinajstić information content (AvgIpc) is 3.96. The molecular weight excluding hydrogens is 1010 g/mol. The molecule has 0 spiro atoms. The van der Waals surface area contributed by atoms with Gasteiger partial charge in [0.2, 0.25) is 0 Å². The standard InChI is InChI=1S/C78H151NO4/c1-2-3-4-5-6-7-8-9-10-11-12-13-14-15-16-17-18-19-20-21-22-23-24-25-26-27-28-29-30-31-32-33-34-35-36-37-38-39-40-41-42-43-44-45-46-47-48-49-50-51-52-53-54-55-56-57-58-59-60-61-62-63-64-65-66-67-68-69-70-71-72-73-78(82)83-79-76(80)74-75-77(79)81/h2-75H2,1H3. The summed E-state index contributed by atoms with van der Waals surface area (Å²) in [7, 11) is 0. The number of hydroxylamine groups is 2. The first kappa shape index (κ1) is 79.6. The maximum atomic E-state index is 11.9. The smallest absolute Gasteiger partial charge is 0.330 e. The lowest BCUT2D eigenvalue weighted by molar-refractivity contribution is -0.197. The predicted octanol–water partition coefficient (Wildman–Crippen LogP) is 27.7. The highest BCUT2D eigenvalue weighted by atomic mass is 16.7. The van der Waals surface area contributed by atoms with E-state index in [4.69, 9.17) is 4.84 Å². The molecule has 0 aromatic rings. The van der Waals surface area contributed by atoms with Gasteiger partial charge in [-0.1, -0.05) is 456 Å². The Morgan fingerprint density at radius 2 is 0.349 bits per heavy atom. The first-order valence-corrected chi connectivity index (χ1v) is 39.2. The predicted molar refractivity (Wildman–Crippen MR) is 365 cm³/mol. The minimum absolute atomic E-state index is 0.145. The number of carbonyl (C=O) groups is 3. The third-order valence-corrected chi connectivity index (χ3v) is 19.2. The number of hydrogen-bond donors (Lipinski definition) is 0. The van der Waals surface area contributed by atoms with Crippen molar-refractivity contribution in [2.75, 3.05) is 0 Å². The molecule has 0 radical (unpaired) electrons. The highest BCUT2D eigenvalue weighted by molar-refractivity contribution is 6.01. The lowest BCUT2D eigenvalue weighted by atomic mass is 10.0. The SMILES string of the molecule is CCCCCCCCCCCCCCCCCCCCCCCCCCCCCCCCCCCCCCCCCCCCCCCCCCCCCCCCCCCCCCCCCCCCCCCCCC(=O)ON1C(=O)CCC1=O. The highest BCUT2D eigenvalue weighted by Crippen LogP contribution is 2.22. The molecule has 5 heteroatoms. The van der Waals surface area contributed by atoms with E-state index in [0.717, 1.165) is 19.3 Å². The van der Waals surface area contributed by atoms with Gasteiger partial charge in [0.05, 0.1) is 0 Å². The molecule has 0 bridgehead atoms. The fraction of sp³-hybridized carbons (Fsp3) is 0.962. The number of imide groups is 1. The second-order valence-electron chi connectivity index (χ2n) is 27.5. The fourth-order valence-corrected chi connectivity index (χ4v) is 13.3. The van der Waals surface area contributed by atoms with Crippen molar-refractivity contribution in [2.45, 2.75) is 482 Å². The molecule has 0 N–H and O–H groups in total. The summed E-state index contributed by atoms with van der Waals surface area (Å²) in [6, 6.07) is 0. The van der Waals surface area contributed by atoms with Crippen molar-refractivity contribution in [1.82, 2.24) is 5.06 Å². The maximum Gasteiger partial charge on any atom is 0.333 e. The number of rotatable bonds is 73. The zero-order chi connectivity index (χ0) is 59.3. The molecule has 492 valence electrons. The van der Waals surface area contributed by atoms with Crippen LogP contribution in [0.25, 0.3) is 0 Å². The molecule has 0 aromatic heterocycles. The summed E-state index contributed by atoms with van der Waals surface area (Å²) < 4.78 is 0. The zero-order valence-electron chi connectivity index (χ0n) is 56.9. The van der Waals surface area contributed by atoms with E-state index >= 15 is 0 Å². The second-order valence-corrected chi connectivity index (χ2v) is 27.5. The van der Waals surface area contributed by atoms with Crippen LogP contribution in [-0.2, 0) is 19.2 Å². The van der Waals surface area contributed by atoms with Crippen molar-refractivity contribution < 1.29 is 19.2 Å². The Kier molecular flexibility index (Phi) is 66.9. The zero-order valence-corrected chi connectivity index (χ0v) is 56.9. The van der Waals surface area contributed by atoms with Crippen LogP contribution in [0.2, 0.25) is 0 Å². The van der Waals surface area contributed by atoms with E-state index in [1.165, 1.54) is 437 Å². The van der Waals surface area contributed by atoms with Crippen molar-refractivity contribution in [3.05, 3.63) is 0 Å². The molecule has 1 aliphatic rings. The molecule has 1 fully saturated rings. The number of carbonyl (C=O) groups excluding carboxylic acids is 3. The van der Waals surface area contributed by atoms with Crippen LogP contribution in [0.1, 0.15) is 482 Å². The molecule has 1 saturated heterocycles. The van der Waals surface area contributed by atoms with Gasteiger partial charge in [0, 0.05) is 19.3 Å². The van der Waals surface area contributed by atoms with Crippen LogP contribution in [0.15, 0.2) is 0 Å². The van der Waals surface area contributed by atoms with Crippen LogP contribution in [0.4, 0.5) is 0 Å². The molecule has 83 heavy (non-hydrogen) atoms. The monoisotopic (exact) mass is 1170 g/mol. The number of nitrogens with zero attached hydrogens (tertiary/aromatic N) is 1. The summed E-state index contributed by atoms with van der Waals surface area (Å²) in [5, 5.41) is 0.651. The summed E-state index contributed by atoms with van der Waals surface area (Å²) in [4.78, 5) is 39.9. The number of hydrogen-bond acceptors (Lipinski definition) is 4. The van der Waals surface area contributed by atoms with Crippen molar-refractivity contribution in [3.8, 4) is 0 Å². The maximum absolute atomic E-state index is 11.9. The van der Waals surface area contributed by atoms with Crippen LogP contribution in [0.5, 0.6) is 0 Å². The normalized spacial score (nSPS) is 12.7. The van der Waals surface area contributed by atoms with E-state index in [1.54, 1.807) is 0 Å². The summed E-state index contributed by atoms with van der Waals surface area (Å²) >= 11 is 0. The molecule has 2 amide bonds. The van der Waals surface area contributed by atoms with Crippen molar-refractivity contribution in [3.63, 3.8) is 0 Å². The Morgan fingerprint density at radius 1 is 0.229 bits per heavy atom. The minimum atomic E-state index is -0.470. The molecule has 1 aliphatic heterocycles. The van der Waals surface area contributed by atoms with Crippen LogP contribution in [0, 0.1) is 0 Å². The molecule has 0 atom stereocenters. The quantitative estimate of drug-likeness (QED) is 0.0450. The van der Waals surface area contributed by atoms with Gasteiger partial charge in [0.25, 0.3) is 11.8 Å². The van der Waals surface area contributed by atoms with Crippen molar-refractivity contribution in [2.24, 2.45) is 0 Å². The van der Waals surface area contributed by atoms with Gasteiger partial charge in [0.15, 0.2) is 0 Å². The lowest BCUT2D eigenvalue weighted by Crippen LogP contribution is -2.31. The van der Waals surface area contributed by atoms with E-state index in [0.29, 0.717) is 5.06 Å².